The molecule has 0 amide bonds. The van der Waals surface area contributed by atoms with Crippen LogP contribution in [0.2, 0.25) is 0 Å². The van der Waals surface area contributed by atoms with E-state index >= 15 is 0 Å². The van der Waals surface area contributed by atoms with E-state index in [9.17, 15) is 28.9 Å². The van der Waals surface area contributed by atoms with Gasteiger partial charge in [-0.1, -0.05) is 262 Å². The predicted molar refractivity (Wildman–Crippen MR) is 307 cm³/mol. The van der Waals surface area contributed by atoms with E-state index in [0.717, 1.165) is 89.9 Å². The summed E-state index contributed by atoms with van der Waals surface area (Å²) >= 11 is 0. The van der Waals surface area contributed by atoms with Crippen molar-refractivity contribution in [1.82, 2.24) is 0 Å². The first-order valence-electron chi connectivity index (χ1n) is 30.5. The number of esters is 3. The van der Waals surface area contributed by atoms with E-state index in [1.54, 1.807) is 0 Å². The minimum Gasteiger partial charge on any atom is -0.462 e. The molecule has 0 rings (SSSR count). The lowest BCUT2D eigenvalue weighted by Crippen LogP contribution is -2.30. The number of rotatable bonds is 57. The highest BCUT2D eigenvalue weighted by atomic mass is 31.2. The Labute approximate surface area is 453 Å². The van der Waals surface area contributed by atoms with Crippen molar-refractivity contribution in [3.8, 4) is 0 Å². The summed E-state index contributed by atoms with van der Waals surface area (Å²) in [4.78, 5) is 48.6. The Balaban J connectivity index is 4.71. The molecule has 0 aliphatic carbocycles. The van der Waals surface area contributed by atoms with Crippen LogP contribution in [0.1, 0.15) is 290 Å². The zero-order valence-electron chi connectivity index (χ0n) is 47.8. The fraction of sp³-hybridized carbons (Fsp3) is 0.823. The predicted octanol–water partition coefficient (Wildman–Crippen LogP) is 18.1. The highest BCUT2D eigenvalue weighted by molar-refractivity contribution is 7.47. The van der Waals surface area contributed by atoms with Gasteiger partial charge in [-0.25, -0.2) is 4.57 Å². The third kappa shape index (κ3) is 54.2. The Bertz CT molecular complexity index is 1430. The van der Waals surface area contributed by atoms with Crippen LogP contribution in [0.5, 0.6) is 0 Å². The standard InChI is InChI=1S/C62H113O11P/c1-4-7-10-13-16-19-22-24-26-28-29-31-33-35-38-41-44-47-50-53-62(66)73-59(55-69-60(64)51-48-45-42-39-37-34-32-30-27-25-23-20-17-14-11-8-5-2)57-71-74(67,68)70-56-58(54-63)72-61(65)52-49-46-43-40-36-21-18-15-12-9-6-3/h8,11,17,20,25,27,32,34,58-59,63H,4-7,9-10,12-16,18-19,21-24,26,28-31,33,35-57H2,1-3H3,(H,67,68)/b11-8-,20-17-,27-25-,34-32-. The lowest BCUT2D eigenvalue weighted by atomic mass is 10.0. The van der Waals surface area contributed by atoms with Crippen molar-refractivity contribution in [2.24, 2.45) is 0 Å². The molecule has 3 atom stereocenters. The number of carbonyl (C=O) groups is 3. The second kappa shape index (κ2) is 56.6. The molecule has 0 aliphatic heterocycles. The number of phosphoric ester groups is 1. The van der Waals surface area contributed by atoms with Crippen molar-refractivity contribution in [1.29, 1.82) is 0 Å². The quantitative estimate of drug-likeness (QED) is 0.0197. The van der Waals surface area contributed by atoms with Gasteiger partial charge in [0.2, 0.25) is 0 Å². The Morgan fingerprint density at radius 1 is 0.392 bits per heavy atom. The number of aliphatic hydroxyl groups is 1. The molecule has 74 heavy (non-hydrogen) atoms. The minimum atomic E-state index is -4.75. The zero-order chi connectivity index (χ0) is 54.1. The SMILES string of the molecule is CC/C=C\C/C=C\C/C=C\C/C=C\CCCCCCC(=O)OCC(COP(=O)(O)OCC(CO)OC(=O)CCCCCCCCCCCCC)OC(=O)CCCCCCCCCCCCCCCCCCCCC. The lowest BCUT2D eigenvalue weighted by Gasteiger charge is -2.21. The van der Waals surface area contributed by atoms with Crippen LogP contribution in [0.4, 0.5) is 0 Å². The number of carbonyl (C=O) groups excluding carboxylic acids is 3. The molecule has 0 aromatic rings. The van der Waals surface area contributed by atoms with Gasteiger partial charge < -0.3 is 24.2 Å². The summed E-state index contributed by atoms with van der Waals surface area (Å²) < 4.78 is 39.6. The van der Waals surface area contributed by atoms with Crippen LogP contribution >= 0.6 is 7.82 Å². The first kappa shape index (κ1) is 71.4. The van der Waals surface area contributed by atoms with Crippen molar-refractivity contribution < 1.29 is 52.2 Å². The number of hydrogen-bond acceptors (Lipinski definition) is 10. The van der Waals surface area contributed by atoms with Gasteiger partial charge in [-0.05, 0) is 57.8 Å². The van der Waals surface area contributed by atoms with Crippen LogP contribution in [0.3, 0.4) is 0 Å². The molecule has 3 unspecified atom stereocenters. The van der Waals surface area contributed by atoms with E-state index < -0.39 is 57.8 Å². The summed E-state index contributed by atoms with van der Waals surface area (Å²) in [5.41, 5.74) is 0. The minimum absolute atomic E-state index is 0.167. The van der Waals surface area contributed by atoms with Gasteiger partial charge in [0.15, 0.2) is 6.10 Å². The molecule has 0 aromatic carbocycles. The molecule has 0 saturated heterocycles. The van der Waals surface area contributed by atoms with Crippen LogP contribution in [0, 0.1) is 0 Å². The van der Waals surface area contributed by atoms with Crippen LogP contribution in [0.15, 0.2) is 48.6 Å². The maximum atomic E-state index is 12.9. The third-order valence-electron chi connectivity index (χ3n) is 13.3. The van der Waals surface area contributed by atoms with E-state index in [0.29, 0.717) is 19.3 Å². The molecule has 12 heteroatoms. The second-order valence-corrected chi connectivity index (χ2v) is 22.0. The smallest absolute Gasteiger partial charge is 0.462 e. The molecule has 11 nitrogen and oxygen atoms in total. The third-order valence-corrected chi connectivity index (χ3v) is 14.2. The molecule has 0 radical (unpaired) electrons. The molecular formula is C62H113O11P. The Morgan fingerprint density at radius 3 is 1.08 bits per heavy atom. The summed E-state index contributed by atoms with van der Waals surface area (Å²) in [5, 5.41) is 9.81. The monoisotopic (exact) mass is 1060 g/mol. The topological polar surface area (TPSA) is 155 Å². The molecule has 0 aliphatic rings. The van der Waals surface area contributed by atoms with E-state index in [-0.39, 0.29) is 25.9 Å². The fourth-order valence-corrected chi connectivity index (χ4v) is 9.43. The molecule has 0 spiro atoms. The van der Waals surface area contributed by atoms with Crippen LogP contribution in [0.25, 0.3) is 0 Å². The van der Waals surface area contributed by atoms with Crippen molar-refractivity contribution in [3.63, 3.8) is 0 Å². The molecule has 0 bridgehead atoms. The van der Waals surface area contributed by atoms with Crippen molar-refractivity contribution in [2.45, 2.75) is 303 Å². The van der Waals surface area contributed by atoms with Crippen LogP contribution in [-0.2, 0) is 42.2 Å². The molecule has 0 saturated carbocycles. The normalized spacial score (nSPS) is 13.6. The molecule has 0 aromatic heterocycles. The zero-order valence-corrected chi connectivity index (χ0v) is 48.7. The van der Waals surface area contributed by atoms with Crippen molar-refractivity contribution >= 4 is 25.7 Å². The molecule has 432 valence electrons. The second-order valence-electron chi connectivity index (χ2n) is 20.5. The van der Waals surface area contributed by atoms with Crippen molar-refractivity contribution in [3.05, 3.63) is 48.6 Å². The first-order valence-corrected chi connectivity index (χ1v) is 32.0. The first-order chi connectivity index (χ1) is 36.2. The summed E-state index contributed by atoms with van der Waals surface area (Å²) in [7, 11) is -4.75. The molecule has 0 fully saturated rings. The summed E-state index contributed by atoms with van der Waals surface area (Å²) in [6.45, 7) is 4.54. The van der Waals surface area contributed by atoms with Gasteiger partial charge in [-0.15, -0.1) is 0 Å². The molecule has 2 N–H and O–H groups in total. The van der Waals surface area contributed by atoms with Gasteiger partial charge in [0.1, 0.15) is 12.7 Å². The van der Waals surface area contributed by atoms with E-state index in [4.69, 9.17) is 23.3 Å². The summed E-state index contributed by atoms with van der Waals surface area (Å²) in [5.74, 6) is -1.47. The molecule has 0 heterocycles. The van der Waals surface area contributed by atoms with Gasteiger partial charge in [0.25, 0.3) is 0 Å². The average molecular weight is 1070 g/mol. The van der Waals surface area contributed by atoms with E-state index in [1.807, 2.05) is 0 Å². The number of phosphoric acid groups is 1. The number of unbranched alkanes of at least 4 members (excludes halogenated alkanes) is 32. The van der Waals surface area contributed by atoms with Gasteiger partial charge >= 0.3 is 25.7 Å². The summed E-state index contributed by atoms with van der Waals surface area (Å²) in [6, 6.07) is 0. The number of aliphatic hydroxyl groups excluding tert-OH is 1. The van der Waals surface area contributed by atoms with Gasteiger partial charge in [-0.3, -0.25) is 23.4 Å². The Kier molecular flexibility index (Phi) is 54.7. The van der Waals surface area contributed by atoms with Crippen LogP contribution in [-0.4, -0.2) is 66.5 Å². The fourth-order valence-electron chi connectivity index (χ4n) is 8.64. The summed E-state index contributed by atoms with van der Waals surface area (Å²) in [6.07, 6.45) is 60.7. The number of allylic oxidation sites excluding steroid dienone is 8. The average Bonchev–Trinajstić information content (AvgIpc) is 3.39. The highest BCUT2D eigenvalue weighted by Gasteiger charge is 2.28. The maximum absolute atomic E-state index is 12.9. The highest BCUT2D eigenvalue weighted by Crippen LogP contribution is 2.43. The Morgan fingerprint density at radius 2 is 0.703 bits per heavy atom. The maximum Gasteiger partial charge on any atom is 0.472 e. The Hall–Kier alpha value is -2.56. The van der Waals surface area contributed by atoms with Crippen molar-refractivity contribution in [2.75, 3.05) is 26.4 Å². The largest absolute Gasteiger partial charge is 0.472 e. The van der Waals surface area contributed by atoms with Gasteiger partial charge in [0.05, 0.1) is 19.8 Å². The number of ether oxygens (including phenoxy) is 3. The van der Waals surface area contributed by atoms with E-state index in [2.05, 4.69) is 69.4 Å². The van der Waals surface area contributed by atoms with Gasteiger partial charge in [-0.2, -0.15) is 0 Å². The molecular weight excluding hydrogens is 952 g/mol. The lowest BCUT2D eigenvalue weighted by molar-refractivity contribution is -0.161. The number of hydrogen-bond donors (Lipinski definition) is 2. The van der Waals surface area contributed by atoms with Gasteiger partial charge in [0, 0.05) is 19.3 Å². The van der Waals surface area contributed by atoms with Crippen LogP contribution < -0.4 is 0 Å². The van der Waals surface area contributed by atoms with E-state index in [1.165, 1.54) is 141 Å².